The number of amides is 2. The van der Waals surface area contributed by atoms with E-state index in [0.717, 1.165) is 49.0 Å². The van der Waals surface area contributed by atoms with Crippen molar-refractivity contribution in [3.63, 3.8) is 0 Å². The van der Waals surface area contributed by atoms with Crippen LogP contribution in [0.15, 0.2) is 61.1 Å². The molecule has 4 bridgehead atoms. The van der Waals surface area contributed by atoms with E-state index in [9.17, 15) is 14.7 Å². The fraction of sp³-hybridized carbons (Fsp3) is 0.469. The first-order valence-corrected chi connectivity index (χ1v) is 14.3. The van der Waals surface area contributed by atoms with Crippen molar-refractivity contribution in [3.8, 4) is 11.3 Å². The minimum absolute atomic E-state index is 0.0734. The maximum atomic E-state index is 13.0. The van der Waals surface area contributed by atoms with Crippen LogP contribution in [0.2, 0.25) is 0 Å². The minimum Gasteiger partial charge on any atom is -0.392 e. The molecule has 7 heteroatoms. The van der Waals surface area contributed by atoms with Crippen LogP contribution in [0.5, 0.6) is 0 Å². The van der Waals surface area contributed by atoms with Crippen molar-refractivity contribution in [3.05, 3.63) is 72.2 Å². The van der Waals surface area contributed by atoms with Crippen LogP contribution in [0.4, 0.5) is 10.5 Å². The second-order valence-electron chi connectivity index (χ2n) is 12.6. The zero-order chi connectivity index (χ0) is 26.7. The van der Waals surface area contributed by atoms with Crippen LogP contribution in [-0.4, -0.2) is 38.6 Å². The minimum atomic E-state index is -0.389. The monoisotopic (exact) mass is 524 g/mol. The summed E-state index contributed by atoms with van der Waals surface area (Å²) in [5.74, 6) is 1.55. The lowest BCUT2D eigenvalue weighted by Crippen LogP contribution is -2.62. The zero-order valence-corrected chi connectivity index (χ0v) is 22.3. The summed E-state index contributed by atoms with van der Waals surface area (Å²) in [5.41, 5.74) is 5.24. The van der Waals surface area contributed by atoms with Crippen LogP contribution in [0, 0.1) is 23.2 Å². The highest BCUT2D eigenvalue weighted by molar-refractivity contribution is 5.89. The number of benzene rings is 2. The highest BCUT2D eigenvalue weighted by Gasteiger charge is 2.58. The first-order chi connectivity index (χ1) is 18.9. The number of Topliss-reactive ketones (excluding diaryl/α,β-unsaturated/α-hetero) is 1. The summed E-state index contributed by atoms with van der Waals surface area (Å²) in [6.07, 6.45) is 9.85. The van der Waals surface area contributed by atoms with Crippen LogP contribution in [0.25, 0.3) is 11.3 Å². The van der Waals surface area contributed by atoms with Gasteiger partial charge < -0.3 is 20.3 Å². The largest absolute Gasteiger partial charge is 0.392 e. The lowest BCUT2D eigenvalue weighted by Gasteiger charge is -2.61. The molecule has 2 amide bonds. The van der Waals surface area contributed by atoms with Crippen LogP contribution in [0.3, 0.4) is 0 Å². The Balaban J connectivity index is 1.03. The van der Waals surface area contributed by atoms with Gasteiger partial charge in [0.25, 0.3) is 0 Å². The van der Waals surface area contributed by atoms with Gasteiger partial charge in [-0.3, -0.25) is 4.79 Å². The molecular formula is C32H36N4O3. The molecule has 7 nitrogen and oxygen atoms in total. The van der Waals surface area contributed by atoms with Gasteiger partial charge in [-0.15, -0.1) is 0 Å². The molecule has 3 N–H and O–H groups in total. The van der Waals surface area contributed by atoms with E-state index in [0.29, 0.717) is 30.6 Å². The van der Waals surface area contributed by atoms with Crippen LogP contribution in [0.1, 0.15) is 62.6 Å². The first-order valence-electron chi connectivity index (χ1n) is 14.3. The van der Waals surface area contributed by atoms with Gasteiger partial charge in [0.15, 0.2) is 0 Å². The smallest absolute Gasteiger partial charge is 0.319 e. The number of ketones is 1. The summed E-state index contributed by atoms with van der Waals surface area (Å²) in [4.78, 5) is 28.7. The highest BCUT2D eigenvalue weighted by Crippen LogP contribution is 2.62. The summed E-state index contributed by atoms with van der Waals surface area (Å²) in [6.45, 7) is 1.58. The molecule has 0 spiro atoms. The Bertz CT molecular complexity index is 1400. The standard InChI is InChI=1S/C32H36N4O3/c1-19(37)10-20-6-8-24(9-7-20)34-31(39)35-30-22-11-21-12-23(30)16-32(14-21,15-22)29(38)13-27-25-4-2-3-5-26(25)28-17-33-18-36(27)28/h2-9,17-18,21-23,27,29-30,38H,10-16H2,1H3,(H2,34,35,39). The van der Waals surface area contributed by atoms with Gasteiger partial charge >= 0.3 is 6.03 Å². The number of nitrogens with zero attached hydrogens (tertiary/aromatic N) is 2. The lowest BCUT2D eigenvalue weighted by molar-refractivity contribution is -0.135. The van der Waals surface area contributed by atoms with E-state index in [2.05, 4.69) is 44.5 Å². The van der Waals surface area contributed by atoms with E-state index in [1.54, 1.807) is 6.92 Å². The maximum Gasteiger partial charge on any atom is 0.319 e. The molecule has 39 heavy (non-hydrogen) atoms. The number of aliphatic hydroxyl groups is 1. The molecule has 1 aliphatic heterocycles. The third-order valence-electron chi connectivity index (χ3n) is 10.0. The third-order valence-corrected chi connectivity index (χ3v) is 10.0. The Morgan fingerprint density at radius 1 is 1.08 bits per heavy atom. The molecule has 4 fully saturated rings. The van der Waals surface area contributed by atoms with Gasteiger partial charge in [-0.2, -0.15) is 0 Å². The predicted octanol–water partition coefficient (Wildman–Crippen LogP) is 5.35. The van der Waals surface area contributed by atoms with E-state index in [1.807, 2.05) is 36.8 Å². The second kappa shape index (κ2) is 9.33. The van der Waals surface area contributed by atoms with Gasteiger partial charge in [0.05, 0.1) is 30.4 Å². The molecule has 2 aromatic carbocycles. The second-order valence-corrected chi connectivity index (χ2v) is 12.6. The van der Waals surface area contributed by atoms with E-state index < -0.39 is 0 Å². The Hall–Kier alpha value is -3.45. The normalized spacial score (nSPS) is 30.5. The molecule has 5 aliphatic rings. The maximum absolute atomic E-state index is 13.0. The number of fused-ring (bicyclic) bond motifs is 3. The Morgan fingerprint density at radius 2 is 1.82 bits per heavy atom. The first kappa shape index (κ1) is 24.6. The van der Waals surface area contributed by atoms with Gasteiger partial charge in [0, 0.05) is 23.7 Å². The van der Waals surface area contributed by atoms with Gasteiger partial charge in [-0.25, -0.2) is 9.78 Å². The number of carbonyl (C=O) groups is 2. The quantitative estimate of drug-likeness (QED) is 0.388. The third kappa shape index (κ3) is 4.27. The topological polar surface area (TPSA) is 96.2 Å². The van der Waals surface area contributed by atoms with Crippen LogP contribution in [-0.2, 0) is 11.2 Å². The molecule has 4 aliphatic carbocycles. The molecule has 1 aromatic heterocycles. The van der Waals surface area contributed by atoms with Gasteiger partial charge in [0.2, 0.25) is 0 Å². The number of hydrogen-bond donors (Lipinski definition) is 3. The summed E-state index contributed by atoms with van der Waals surface area (Å²) in [7, 11) is 0. The summed E-state index contributed by atoms with van der Waals surface area (Å²) in [5, 5.41) is 18.1. The predicted molar refractivity (Wildman–Crippen MR) is 149 cm³/mol. The number of nitrogens with one attached hydrogen (secondary N) is 2. The molecular weight excluding hydrogens is 488 g/mol. The summed E-state index contributed by atoms with van der Waals surface area (Å²) < 4.78 is 2.23. The van der Waals surface area contributed by atoms with Gasteiger partial charge in [0.1, 0.15) is 5.78 Å². The fourth-order valence-electron chi connectivity index (χ4n) is 8.68. The SMILES string of the molecule is CC(=O)Cc1ccc(NC(=O)NC2C3CC4CC2CC(C(O)CC2c5ccccc5-c5cncn52)(C4)C3)cc1. The Labute approximate surface area is 229 Å². The van der Waals surface area contributed by atoms with Crippen LogP contribution >= 0.6 is 0 Å². The molecule has 4 atom stereocenters. The Kier molecular flexibility index (Phi) is 5.88. The average Bonchev–Trinajstić information content (AvgIpc) is 3.49. The van der Waals surface area contributed by atoms with Crippen molar-refractivity contribution in [1.82, 2.24) is 14.9 Å². The fourth-order valence-corrected chi connectivity index (χ4v) is 8.68. The van der Waals surface area contributed by atoms with Gasteiger partial charge in [-0.1, -0.05) is 36.4 Å². The highest BCUT2D eigenvalue weighted by atomic mass is 16.3. The van der Waals surface area contributed by atoms with Gasteiger partial charge in [-0.05, 0) is 91.9 Å². The van der Waals surface area contributed by atoms with E-state index in [1.165, 1.54) is 11.1 Å². The number of aliphatic hydroxyl groups excluding tert-OH is 1. The molecule has 3 aromatic rings. The van der Waals surface area contributed by atoms with E-state index >= 15 is 0 Å². The van der Waals surface area contributed by atoms with Crippen molar-refractivity contribution in [2.75, 3.05) is 5.32 Å². The lowest BCUT2D eigenvalue weighted by atomic mass is 9.46. The number of hydrogen-bond acceptors (Lipinski definition) is 4. The van der Waals surface area contributed by atoms with Crippen molar-refractivity contribution in [2.45, 2.75) is 70.1 Å². The van der Waals surface area contributed by atoms with E-state index in [4.69, 9.17) is 0 Å². The zero-order valence-electron chi connectivity index (χ0n) is 22.3. The molecule has 0 radical (unpaired) electrons. The van der Waals surface area contributed by atoms with Crippen LogP contribution < -0.4 is 10.6 Å². The average molecular weight is 525 g/mol. The Morgan fingerprint density at radius 3 is 2.56 bits per heavy atom. The molecule has 202 valence electrons. The summed E-state index contributed by atoms with van der Waals surface area (Å²) in [6, 6.07) is 16.1. The van der Waals surface area contributed by atoms with Crippen molar-refractivity contribution in [1.29, 1.82) is 0 Å². The molecule has 4 saturated carbocycles. The van der Waals surface area contributed by atoms with E-state index in [-0.39, 0.29) is 35.4 Å². The van der Waals surface area contributed by atoms with Crippen molar-refractivity contribution >= 4 is 17.5 Å². The number of rotatable bonds is 7. The number of anilines is 1. The molecule has 0 saturated heterocycles. The molecule has 2 heterocycles. The van der Waals surface area contributed by atoms with Crippen molar-refractivity contribution < 1.29 is 14.7 Å². The molecule has 8 rings (SSSR count). The number of carbonyl (C=O) groups excluding carboxylic acids is 2. The van der Waals surface area contributed by atoms with Crippen molar-refractivity contribution in [2.24, 2.45) is 23.2 Å². The number of urea groups is 1. The number of imidazole rings is 1. The summed E-state index contributed by atoms with van der Waals surface area (Å²) >= 11 is 0. The molecule has 4 unspecified atom stereocenters. The number of aromatic nitrogens is 2.